The van der Waals surface area contributed by atoms with Gasteiger partial charge in [-0.15, -0.1) is 0 Å². The van der Waals surface area contributed by atoms with Crippen molar-refractivity contribution in [3.8, 4) is 11.5 Å². The lowest BCUT2D eigenvalue weighted by Gasteiger charge is -2.32. The summed E-state index contributed by atoms with van der Waals surface area (Å²) in [6.45, 7) is 3.72. The van der Waals surface area contributed by atoms with Crippen molar-refractivity contribution < 1.29 is 22.3 Å². The second-order valence-corrected chi connectivity index (χ2v) is 12.6. The number of hydrogen-bond donors (Lipinski definition) is 0. The van der Waals surface area contributed by atoms with E-state index in [4.69, 9.17) is 21.1 Å². The van der Waals surface area contributed by atoms with Crippen molar-refractivity contribution in [2.45, 2.75) is 24.2 Å². The second kappa shape index (κ2) is 10.1. The number of benzene rings is 2. The van der Waals surface area contributed by atoms with Gasteiger partial charge in [0, 0.05) is 31.2 Å². The third-order valence-electron chi connectivity index (χ3n) is 8.00. The molecule has 2 aromatic rings. The topological polar surface area (TPSA) is 59.1 Å². The summed E-state index contributed by atoms with van der Waals surface area (Å²) in [7, 11) is -3.58. The third kappa shape index (κ3) is 5.04. The van der Waals surface area contributed by atoms with Gasteiger partial charge in [-0.25, -0.2) is 12.8 Å². The van der Waals surface area contributed by atoms with Crippen molar-refractivity contribution in [2.75, 3.05) is 39.4 Å². The van der Waals surface area contributed by atoms with Gasteiger partial charge in [0.1, 0.15) is 17.3 Å². The normalized spacial score (nSPS) is 26.2. The number of ether oxygens (including phenoxy) is 2. The van der Waals surface area contributed by atoms with Gasteiger partial charge in [-0.3, -0.25) is 0 Å². The number of piperidine rings is 1. The maximum Gasteiger partial charge on any atom is 0.243 e. The lowest BCUT2D eigenvalue weighted by atomic mass is 9.95. The van der Waals surface area contributed by atoms with Crippen LogP contribution < -0.4 is 4.74 Å². The molecule has 0 bridgehead atoms. The van der Waals surface area contributed by atoms with Crippen LogP contribution in [0.25, 0.3) is 0 Å². The minimum atomic E-state index is -3.58. The first-order valence-corrected chi connectivity index (χ1v) is 14.7. The molecule has 2 unspecified atom stereocenters. The van der Waals surface area contributed by atoms with Crippen LogP contribution in [0.15, 0.2) is 76.6 Å². The molecule has 37 heavy (non-hydrogen) atoms. The summed E-state index contributed by atoms with van der Waals surface area (Å²) in [6, 6.07) is 13.5. The second-order valence-electron chi connectivity index (χ2n) is 10.2. The zero-order valence-corrected chi connectivity index (χ0v) is 22.1. The van der Waals surface area contributed by atoms with Gasteiger partial charge in [-0.2, -0.15) is 4.31 Å². The van der Waals surface area contributed by atoms with E-state index in [2.05, 4.69) is 4.90 Å². The number of allylic oxidation sites excluding steroid dienone is 3. The standard InChI is InChI=1S/C28H30ClFN2O4S/c29-20-4-6-21(7-5-20)36-22-8-10-23(11-9-22)37(33,34)32-17-25-24(26(25)18-32)16-19-2-1-3-27(28(19)30)31-12-14-35-15-13-31/h3-11,24-26H,1-2,12-18H2. The van der Waals surface area contributed by atoms with E-state index < -0.39 is 10.0 Å². The first-order chi connectivity index (χ1) is 17.9. The van der Waals surface area contributed by atoms with Crippen molar-refractivity contribution in [1.82, 2.24) is 9.21 Å². The van der Waals surface area contributed by atoms with Gasteiger partial charge in [-0.05, 0) is 91.1 Å². The fourth-order valence-electron chi connectivity index (χ4n) is 5.89. The first-order valence-electron chi connectivity index (χ1n) is 12.8. The number of halogens is 2. The molecule has 2 aromatic carbocycles. The first kappa shape index (κ1) is 24.9. The van der Waals surface area contributed by atoms with Gasteiger partial charge >= 0.3 is 0 Å². The van der Waals surface area contributed by atoms with Gasteiger partial charge in [0.05, 0.1) is 23.8 Å². The fourth-order valence-corrected chi connectivity index (χ4v) is 7.53. The summed E-state index contributed by atoms with van der Waals surface area (Å²) >= 11 is 5.91. The summed E-state index contributed by atoms with van der Waals surface area (Å²) in [4.78, 5) is 2.35. The van der Waals surface area contributed by atoms with Crippen molar-refractivity contribution in [3.63, 3.8) is 0 Å². The Labute approximate surface area is 222 Å². The molecule has 0 radical (unpaired) electrons. The van der Waals surface area contributed by atoms with Gasteiger partial charge in [-0.1, -0.05) is 17.7 Å². The van der Waals surface area contributed by atoms with Gasteiger partial charge in [0.25, 0.3) is 0 Å². The van der Waals surface area contributed by atoms with Crippen LogP contribution in [0.1, 0.15) is 19.3 Å². The molecule has 0 N–H and O–H groups in total. The highest BCUT2D eigenvalue weighted by Gasteiger charge is 2.57. The minimum absolute atomic E-state index is 0.0662. The summed E-state index contributed by atoms with van der Waals surface area (Å²) in [5.74, 6) is 2.09. The van der Waals surface area contributed by atoms with Crippen LogP contribution in [-0.4, -0.2) is 57.0 Å². The van der Waals surface area contributed by atoms with Crippen molar-refractivity contribution >= 4 is 21.6 Å². The predicted molar refractivity (Wildman–Crippen MR) is 140 cm³/mol. The molecule has 6 nitrogen and oxygen atoms in total. The molecule has 1 saturated carbocycles. The number of sulfonamides is 1. The third-order valence-corrected chi connectivity index (χ3v) is 10.1. The molecule has 2 aliphatic carbocycles. The molecule has 3 fully saturated rings. The smallest absolute Gasteiger partial charge is 0.243 e. The van der Waals surface area contributed by atoms with E-state index in [1.165, 1.54) is 0 Å². The Morgan fingerprint density at radius 3 is 2.24 bits per heavy atom. The van der Waals surface area contributed by atoms with E-state index in [1.807, 2.05) is 6.08 Å². The van der Waals surface area contributed by atoms with Crippen LogP contribution in [0.3, 0.4) is 0 Å². The predicted octanol–water partition coefficient (Wildman–Crippen LogP) is 5.62. The van der Waals surface area contributed by atoms with Crippen LogP contribution in [-0.2, 0) is 14.8 Å². The Hall–Kier alpha value is -2.39. The van der Waals surface area contributed by atoms with Crippen molar-refractivity contribution in [1.29, 1.82) is 0 Å². The molecule has 0 amide bonds. The monoisotopic (exact) mass is 544 g/mol. The summed E-state index contributed by atoms with van der Waals surface area (Å²) < 4.78 is 54.6. The minimum Gasteiger partial charge on any atom is -0.457 e. The van der Waals surface area contributed by atoms with Crippen LogP contribution in [0, 0.1) is 17.8 Å². The number of rotatable bonds is 7. The molecule has 2 heterocycles. The molecular formula is C28H30ClFN2O4S. The summed E-state index contributed by atoms with van der Waals surface area (Å²) in [5.41, 5.74) is 1.62. The number of fused-ring (bicyclic) bond motifs is 1. The quantitative estimate of drug-likeness (QED) is 0.452. The molecule has 0 aromatic heterocycles. The van der Waals surface area contributed by atoms with Crippen molar-refractivity contribution in [3.05, 3.63) is 76.7 Å². The van der Waals surface area contributed by atoms with E-state index in [-0.39, 0.29) is 10.7 Å². The Kier molecular flexibility index (Phi) is 6.77. The average molecular weight is 545 g/mol. The fraction of sp³-hybridized carbons (Fsp3) is 0.429. The van der Waals surface area contributed by atoms with Gasteiger partial charge < -0.3 is 14.4 Å². The summed E-state index contributed by atoms with van der Waals surface area (Å²) in [5, 5.41) is 0.620. The Morgan fingerprint density at radius 1 is 0.973 bits per heavy atom. The number of hydrogen-bond acceptors (Lipinski definition) is 5. The van der Waals surface area contributed by atoms with E-state index in [0.29, 0.717) is 60.6 Å². The molecule has 196 valence electrons. The van der Waals surface area contributed by atoms with Gasteiger partial charge in [0.2, 0.25) is 10.0 Å². The maximum atomic E-state index is 15.3. The maximum absolute atomic E-state index is 15.3. The van der Waals surface area contributed by atoms with Crippen LogP contribution in [0.4, 0.5) is 4.39 Å². The van der Waals surface area contributed by atoms with Crippen LogP contribution in [0.5, 0.6) is 11.5 Å². The summed E-state index contributed by atoms with van der Waals surface area (Å²) in [6.07, 6.45) is 4.35. The van der Waals surface area contributed by atoms with Crippen LogP contribution >= 0.6 is 11.6 Å². The largest absolute Gasteiger partial charge is 0.457 e. The highest BCUT2D eigenvalue weighted by Crippen LogP contribution is 2.56. The van der Waals surface area contributed by atoms with Crippen LogP contribution in [0.2, 0.25) is 5.02 Å². The van der Waals surface area contributed by atoms with E-state index in [9.17, 15) is 8.42 Å². The lowest BCUT2D eigenvalue weighted by Crippen LogP contribution is -2.36. The van der Waals surface area contributed by atoms with Gasteiger partial charge in [0.15, 0.2) is 0 Å². The SMILES string of the molecule is O=S(=O)(c1ccc(Oc2ccc(Cl)cc2)cc1)N1CC2C(CC3=C(F)C(N4CCOCC4)=CCC3)C2C1. The van der Waals surface area contributed by atoms with E-state index >= 15 is 4.39 Å². The average Bonchev–Trinajstić information content (AvgIpc) is 3.33. The molecule has 2 aliphatic heterocycles. The Morgan fingerprint density at radius 2 is 1.59 bits per heavy atom. The number of morpholine rings is 1. The zero-order chi connectivity index (χ0) is 25.6. The Bertz CT molecular complexity index is 1310. The molecule has 2 saturated heterocycles. The van der Waals surface area contributed by atoms with E-state index in [1.54, 1.807) is 52.8 Å². The highest BCUT2D eigenvalue weighted by atomic mass is 35.5. The van der Waals surface area contributed by atoms with Crippen molar-refractivity contribution in [2.24, 2.45) is 17.8 Å². The molecule has 6 rings (SSSR count). The molecule has 4 aliphatic rings. The Balaban J connectivity index is 1.06. The molecule has 0 spiro atoms. The highest BCUT2D eigenvalue weighted by molar-refractivity contribution is 7.89. The molecular weight excluding hydrogens is 515 g/mol. The molecule has 9 heteroatoms. The lowest BCUT2D eigenvalue weighted by molar-refractivity contribution is 0.0530. The zero-order valence-electron chi connectivity index (χ0n) is 20.5. The van der Waals surface area contributed by atoms with E-state index in [0.717, 1.165) is 43.6 Å². The molecule has 2 atom stereocenters. The number of nitrogens with zero attached hydrogens (tertiary/aromatic N) is 2.